The SMILES string of the molecule is COc1ccc(CCNC(=O)CSC2=NC(=O)C3C=CC=CC3=N2)cc1OC. The maximum atomic E-state index is 12.1. The van der Waals surface area contributed by atoms with Crippen LogP contribution in [0, 0.1) is 5.92 Å². The summed E-state index contributed by atoms with van der Waals surface area (Å²) < 4.78 is 10.5. The van der Waals surface area contributed by atoms with Gasteiger partial charge in [0.25, 0.3) is 5.91 Å². The van der Waals surface area contributed by atoms with Gasteiger partial charge in [0.1, 0.15) is 5.92 Å². The fourth-order valence-corrected chi connectivity index (χ4v) is 3.46. The smallest absolute Gasteiger partial charge is 0.261 e. The number of aliphatic imine (C=N–C) groups is 2. The number of hydrogen-bond acceptors (Lipinski definition) is 6. The standard InChI is InChI=1S/C20H21N3O4S/c1-26-16-8-7-13(11-17(16)27-2)9-10-21-18(24)12-28-20-22-15-6-4-3-5-14(15)19(25)23-20/h3-8,11,14H,9-10,12H2,1-2H3,(H,21,24). The summed E-state index contributed by atoms with van der Waals surface area (Å²) in [5, 5.41) is 3.18. The van der Waals surface area contributed by atoms with Crippen LogP contribution in [0.25, 0.3) is 0 Å². The molecule has 0 saturated carbocycles. The second kappa shape index (κ2) is 9.36. The Morgan fingerprint density at radius 2 is 2.00 bits per heavy atom. The molecule has 3 rings (SSSR count). The minimum atomic E-state index is -0.398. The molecule has 0 saturated heterocycles. The third kappa shape index (κ3) is 4.89. The number of thioether (sulfide) groups is 1. The van der Waals surface area contributed by atoms with E-state index in [-0.39, 0.29) is 17.6 Å². The van der Waals surface area contributed by atoms with Gasteiger partial charge in [-0.1, -0.05) is 36.1 Å². The molecule has 2 amide bonds. The van der Waals surface area contributed by atoms with Gasteiger partial charge in [-0.3, -0.25) is 9.59 Å². The highest BCUT2D eigenvalue weighted by Crippen LogP contribution is 2.27. The van der Waals surface area contributed by atoms with E-state index in [9.17, 15) is 9.59 Å². The molecule has 0 radical (unpaired) electrons. The van der Waals surface area contributed by atoms with E-state index in [2.05, 4.69) is 15.3 Å². The van der Waals surface area contributed by atoms with Gasteiger partial charge in [0, 0.05) is 6.54 Å². The summed E-state index contributed by atoms with van der Waals surface area (Å²) in [6, 6.07) is 5.66. The highest BCUT2D eigenvalue weighted by molar-refractivity contribution is 8.14. The van der Waals surface area contributed by atoms with Crippen molar-refractivity contribution in [1.82, 2.24) is 5.32 Å². The normalized spacial score (nSPS) is 17.5. The first-order valence-corrected chi connectivity index (χ1v) is 9.75. The molecule has 1 aliphatic carbocycles. The van der Waals surface area contributed by atoms with Gasteiger partial charge >= 0.3 is 0 Å². The molecule has 7 nitrogen and oxygen atoms in total. The maximum absolute atomic E-state index is 12.1. The van der Waals surface area contributed by atoms with Crippen molar-refractivity contribution in [2.75, 3.05) is 26.5 Å². The molecule has 0 aromatic heterocycles. The van der Waals surface area contributed by atoms with Crippen LogP contribution < -0.4 is 14.8 Å². The van der Waals surface area contributed by atoms with Gasteiger partial charge in [0.15, 0.2) is 16.7 Å². The number of nitrogens with one attached hydrogen (secondary N) is 1. The third-order valence-electron chi connectivity index (χ3n) is 4.21. The molecule has 0 spiro atoms. The molecule has 1 aromatic carbocycles. The summed E-state index contributed by atoms with van der Waals surface area (Å²) in [5.41, 5.74) is 1.70. The number of fused-ring (bicyclic) bond motifs is 1. The lowest BCUT2D eigenvalue weighted by molar-refractivity contribution is -0.119. The Balaban J connectivity index is 1.45. The predicted molar refractivity (Wildman–Crippen MR) is 110 cm³/mol. The van der Waals surface area contributed by atoms with Crippen molar-refractivity contribution in [3.8, 4) is 11.5 Å². The molecular weight excluding hydrogens is 378 g/mol. The molecular formula is C20H21N3O4S. The van der Waals surface area contributed by atoms with Crippen LogP contribution in [0.3, 0.4) is 0 Å². The highest BCUT2D eigenvalue weighted by Gasteiger charge is 2.26. The number of rotatable bonds is 7. The van der Waals surface area contributed by atoms with Crippen molar-refractivity contribution < 1.29 is 19.1 Å². The zero-order chi connectivity index (χ0) is 19.9. The Morgan fingerprint density at radius 1 is 1.18 bits per heavy atom. The number of carbonyl (C=O) groups excluding carboxylic acids is 2. The summed E-state index contributed by atoms with van der Waals surface area (Å²) in [6.07, 6.45) is 7.86. The van der Waals surface area contributed by atoms with Crippen molar-refractivity contribution >= 4 is 34.5 Å². The number of allylic oxidation sites excluding steroid dienone is 3. The zero-order valence-electron chi connectivity index (χ0n) is 15.7. The molecule has 1 aliphatic heterocycles. The molecule has 2 aliphatic rings. The lowest BCUT2D eigenvalue weighted by atomic mass is 9.97. The number of ether oxygens (including phenoxy) is 2. The molecule has 1 atom stereocenters. The third-order valence-corrected chi connectivity index (χ3v) is 5.06. The van der Waals surface area contributed by atoms with Gasteiger partial charge in [0.2, 0.25) is 5.91 Å². The van der Waals surface area contributed by atoms with E-state index in [4.69, 9.17) is 9.47 Å². The molecule has 1 aromatic rings. The van der Waals surface area contributed by atoms with Crippen LogP contribution in [0.4, 0.5) is 0 Å². The van der Waals surface area contributed by atoms with Crippen LogP contribution in [-0.4, -0.2) is 49.2 Å². The van der Waals surface area contributed by atoms with E-state index in [0.29, 0.717) is 35.3 Å². The van der Waals surface area contributed by atoms with Gasteiger partial charge in [0.05, 0.1) is 25.7 Å². The van der Waals surface area contributed by atoms with E-state index in [0.717, 1.165) is 17.3 Å². The summed E-state index contributed by atoms with van der Waals surface area (Å²) in [5.74, 6) is 0.695. The molecule has 1 unspecified atom stereocenters. The van der Waals surface area contributed by atoms with Crippen molar-refractivity contribution in [3.63, 3.8) is 0 Å². The monoisotopic (exact) mass is 399 g/mol. The number of hydrogen-bond donors (Lipinski definition) is 1. The molecule has 146 valence electrons. The van der Waals surface area contributed by atoms with E-state index in [1.807, 2.05) is 24.3 Å². The second-order valence-electron chi connectivity index (χ2n) is 6.07. The summed E-state index contributed by atoms with van der Waals surface area (Å²) in [4.78, 5) is 32.4. The lowest BCUT2D eigenvalue weighted by Crippen LogP contribution is -2.29. The van der Waals surface area contributed by atoms with E-state index < -0.39 is 5.92 Å². The average Bonchev–Trinajstić information content (AvgIpc) is 2.72. The molecule has 1 heterocycles. The van der Waals surface area contributed by atoms with E-state index in [1.165, 1.54) is 0 Å². The van der Waals surface area contributed by atoms with Crippen LogP contribution in [-0.2, 0) is 16.0 Å². The zero-order valence-corrected chi connectivity index (χ0v) is 16.5. The Kier molecular flexibility index (Phi) is 6.65. The average molecular weight is 399 g/mol. The number of amidine groups is 1. The highest BCUT2D eigenvalue weighted by atomic mass is 32.2. The maximum Gasteiger partial charge on any atom is 0.261 e. The van der Waals surface area contributed by atoms with Gasteiger partial charge in [-0.2, -0.15) is 4.99 Å². The van der Waals surface area contributed by atoms with E-state index >= 15 is 0 Å². The molecule has 0 bridgehead atoms. The van der Waals surface area contributed by atoms with Crippen molar-refractivity contribution in [2.24, 2.45) is 15.9 Å². The van der Waals surface area contributed by atoms with E-state index in [1.54, 1.807) is 32.4 Å². The predicted octanol–water partition coefficient (Wildman–Crippen LogP) is 2.18. The minimum Gasteiger partial charge on any atom is -0.493 e. The minimum absolute atomic E-state index is 0.137. The Labute approximate surface area is 167 Å². The summed E-state index contributed by atoms with van der Waals surface area (Å²) in [7, 11) is 3.18. The number of benzene rings is 1. The Morgan fingerprint density at radius 3 is 2.79 bits per heavy atom. The number of carbonyl (C=O) groups is 2. The number of methoxy groups -OCH3 is 2. The van der Waals surface area contributed by atoms with Crippen LogP contribution in [0.2, 0.25) is 0 Å². The Hall–Kier alpha value is -2.87. The fourth-order valence-electron chi connectivity index (χ4n) is 2.77. The van der Waals surface area contributed by atoms with Crippen LogP contribution >= 0.6 is 11.8 Å². The van der Waals surface area contributed by atoms with Crippen molar-refractivity contribution in [2.45, 2.75) is 6.42 Å². The van der Waals surface area contributed by atoms with Crippen molar-refractivity contribution in [3.05, 3.63) is 48.1 Å². The fraction of sp³-hybridized carbons (Fsp3) is 0.300. The van der Waals surface area contributed by atoms with Gasteiger partial charge in [-0.15, -0.1) is 0 Å². The van der Waals surface area contributed by atoms with Crippen molar-refractivity contribution in [1.29, 1.82) is 0 Å². The first kappa shape index (κ1) is 19.9. The lowest BCUT2D eigenvalue weighted by Gasteiger charge is -2.17. The van der Waals surface area contributed by atoms with Crippen LogP contribution in [0.5, 0.6) is 11.5 Å². The summed E-state index contributed by atoms with van der Waals surface area (Å²) >= 11 is 1.16. The summed E-state index contributed by atoms with van der Waals surface area (Å²) in [6.45, 7) is 0.490. The van der Waals surface area contributed by atoms with Crippen LogP contribution in [0.15, 0.2) is 52.5 Å². The second-order valence-corrected chi connectivity index (χ2v) is 7.01. The van der Waals surface area contributed by atoms with Crippen LogP contribution in [0.1, 0.15) is 5.56 Å². The molecule has 28 heavy (non-hydrogen) atoms. The van der Waals surface area contributed by atoms with Gasteiger partial charge in [-0.25, -0.2) is 4.99 Å². The molecule has 0 fully saturated rings. The van der Waals surface area contributed by atoms with Gasteiger partial charge < -0.3 is 14.8 Å². The first-order chi connectivity index (χ1) is 13.6. The number of nitrogens with zero attached hydrogens (tertiary/aromatic N) is 2. The Bertz CT molecular complexity index is 889. The first-order valence-electron chi connectivity index (χ1n) is 8.77. The van der Waals surface area contributed by atoms with Gasteiger partial charge in [-0.05, 0) is 30.2 Å². The largest absolute Gasteiger partial charge is 0.493 e. The molecule has 1 N–H and O–H groups in total. The quantitative estimate of drug-likeness (QED) is 0.759. The number of amides is 2. The topological polar surface area (TPSA) is 89.3 Å². The molecule has 8 heteroatoms.